The van der Waals surface area contributed by atoms with Crippen molar-refractivity contribution >= 4 is 22.1 Å². The molecule has 0 aliphatic heterocycles. The Kier molecular flexibility index (Phi) is 4.93. The van der Waals surface area contributed by atoms with E-state index >= 15 is 0 Å². The summed E-state index contributed by atoms with van der Waals surface area (Å²) in [5.41, 5.74) is 1.45. The molecule has 0 amide bonds. The third kappa shape index (κ3) is 3.68. The second-order valence-electron chi connectivity index (χ2n) is 4.58. The number of aliphatic hydroxyl groups is 1. The van der Waals surface area contributed by atoms with Crippen molar-refractivity contribution in [1.82, 2.24) is 0 Å². The number of phenolic OH excluding ortho intramolecular Hbond substituents is 1. The van der Waals surface area contributed by atoms with Crippen molar-refractivity contribution in [3.63, 3.8) is 0 Å². The Morgan fingerprint density at radius 2 is 1.85 bits per heavy atom. The highest BCUT2D eigenvalue weighted by atomic mass is 79.9. The zero-order valence-electron chi connectivity index (χ0n) is 11.1. The maximum Gasteiger partial charge on any atom is 0.124 e. The average molecular weight is 334 g/mol. The Balaban J connectivity index is 2.13. The number of phenols is 1. The molecule has 2 atom stereocenters. The molecule has 104 valence electrons. The lowest BCUT2D eigenvalue weighted by atomic mass is 10.0. The Labute approximate surface area is 126 Å². The summed E-state index contributed by atoms with van der Waals surface area (Å²) in [5.74, 6) is 0.165. The van der Waals surface area contributed by atoms with Crippen LogP contribution in [0.2, 0.25) is 0 Å². The lowest BCUT2D eigenvalue weighted by Crippen LogP contribution is -2.12. The quantitative estimate of drug-likeness (QED) is 0.838. The zero-order chi connectivity index (χ0) is 14.5. The van der Waals surface area contributed by atoms with Crippen LogP contribution in [0.4, 0.5) is 0 Å². The summed E-state index contributed by atoms with van der Waals surface area (Å²) in [7, 11) is 0. The van der Waals surface area contributed by atoms with Crippen molar-refractivity contribution in [2.24, 2.45) is 4.99 Å². The third-order valence-corrected chi connectivity index (χ3v) is 3.53. The number of hydrogen-bond donors (Lipinski definition) is 2. The summed E-state index contributed by atoms with van der Waals surface area (Å²) < 4.78 is 0.869. The van der Waals surface area contributed by atoms with Crippen molar-refractivity contribution in [2.75, 3.05) is 0 Å². The lowest BCUT2D eigenvalue weighted by Gasteiger charge is -2.15. The van der Waals surface area contributed by atoms with Gasteiger partial charge in [-0.3, -0.25) is 4.99 Å². The number of benzene rings is 2. The number of aromatic hydroxyl groups is 1. The van der Waals surface area contributed by atoms with E-state index in [1.54, 1.807) is 24.4 Å². The largest absolute Gasteiger partial charge is 0.507 e. The predicted molar refractivity (Wildman–Crippen MR) is 84.3 cm³/mol. The minimum Gasteiger partial charge on any atom is -0.507 e. The van der Waals surface area contributed by atoms with Crippen LogP contribution in [0.15, 0.2) is 58.0 Å². The topological polar surface area (TPSA) is 52.8 Å². The van der Waals surface area contributed by atoms with E-state index in [0.717, 1.165) is 10.0 Å². The number of rotatable bonds is 4. The van der Waals surface area contributed by atoms with Crippen molar-refractivity contribution in [1.29, 1.82) is 0 Å². The molecule has 0 heterocycles. The predicted octanol–water partition coefficient (Wildman–Crippen LogP) is 3.70. The highest BCUT2D eigenvalue weighted by molar-refractivity contribution is 9.10. The van der Waals surface area contributed by atoms with Crippen molar-refractivity contribution in [3.05, 3.63) is 64.1 Å². The van der Waals surface area contributed by atoms with E-state index in [-0.39, 0.29) is 11.8 Å². The number of aliphatic imine (C=N–C) groups is 1. The highest BCUT2D eigenvalue weighted by Crippen LogP contribution is 2.22. The molecule has 20 heavy (non-hydrogen) atoms. The minimum atomic E-state index is -0.665. The van der Waals surface area contributed by atoms with Crippen molar-refractivity contribution < 1.29 is 10.2 Å². The lowest BCUT2D eigenvalue weighted by molar-refractivity contribution is 0.154. The van der Waals surface area contributed by atoms with Gasteiger partial charge in [-0.25, -0.2) is 0 Å². The van der Waals surface area contributed by atoms with Crippen LogP contribution in [0.3, 0.4) is 0 Å². The Morgan fingerprint density at radius 1 is 1.15 bits per heavy atom. The third-order valence-electron chi connectivity index (χ3n) is 3.04. The zero-order valence-corrected chi connectivity index (χ0v) is 12.7. The number of hydrogen-bond acceptors (Lipinski definition) is 3. The molecule has 2 aromatic rings. The van der Waals surface area contributed by atoms with Crippen LogP contribution in [0.25, 0.3) is 0 Å². The second kappa shape index (κ2) is 6.68. The van der Waals surface area contributed by atoms with Gasteiger partial charge in [0.15, 0.2) is 0 Å². The molecule has 2 N–H and O–H groups in total. The summed E-state index contributed by atoms with van der Waals surface area (Å²) in [6.07, 6.45) is 0.915. The van der Waals surface area contributed by atoms with E-state index in [9.17, 15) is 10.2 Å². The molecule has 0 aliphatic carbocycles. The fourth-order valence-electron chi connectivity index (χ4n) is 1.84. The van der Waals surface area contributed by atoms with Gasteiger partial charge in [0.2, 0.25) is 0 Å². The fourth-order valence-corrected chi connectivity index (χ4v) is 2.22. The first kappa shape index (κ1) is 14.8. The molecular weight excluding hydrogens is 318 g/mol. The van der Waals surface area contributed by atoms with E-state index in [1.165, 1.54) is 0 Å². The fraction of sp³-hybridized carbons (Fsp3) is 0.188. The number of nitrogens with zero attached hydrogens (tertiary/aromatic N) is 1. The molecule has 4 heteroatoms. The van der Waals surface area contributed by atoms with Gasteiger partial charge < -0.3 is 10.2 Å². The van der Waals surface area contributed by atoms with Crippen LogP contribution >= 0.6 is 15.9 Å². The van der Waals surface area contributed by atoms with E-state index in [2.05, 4.69) is 20.9 Å². The molecule has 0 aliphatic rings. The maximum atomic E-state index is 10.2. The highest BCUT2D eigenvalue weighted by Gasteiger charge is 2.14. The molecule has 0 unspecified atom stereocenters. The number of aliphatic hydroxyl groups excluding tert-OH is 1. The van der Waals surface area contributed by atoms with Gasteiger partial charge in [-0.1, -0.05) is 46.3 Å². The molecular formula is C16H16BrNO2. The normalized spacial score (nSPS) is 14.3. The Bertz CT molecular complexity index is 599. The van der Waals surface area contributed by atoms with Crippen LogP contribution in [0.5, 0.6) is 5.75 Å². The maximum absolute atomic E-state index is 10.2. The summed E-state index contributed by atoms with van der Waals surface area (Å²) in [5, 5.41) is 19.9. The van der Waals surface area contributed by atoms with E-state index < -0.39 is 6.10 Å². The Hall–Kier alpha value is -1.65. The van der Waals surface area contributed by atoms with Crippen molar-refractivity contribution in [3.8, 4) is 5.75 Å². The molecule has 0 spiro atoms. The molecule has 0 saturated heterocycles. The van der Waals surface area contributed by atoms with Gasteiger partial charge in [0, 0.05) is 16.3 Å². The van der Waals surface area contributed by atoms with Gasteiger partial charge >= 0.3 is 0 Å². The minimum absolute atomic E-state index is 0.165. The summed E-state index contributed by atoms with van der Waals surface area (Å²) >= 11 is 3.35. The average Bonchev–Trinajstić information content (AvgIpc) is 2.48. The van der Waals surface area contributed by atoms with Gasteiger partial charge in [-0.2, -0.15) is 0 Å². The van der Waals surface area contributed by atoms with Crippen LogP contribution in [0, 0.1) is 0 Å². The standard InChI is InChI=1S/C16H16BrNO2/c1-11(16(20)12-5-3-2-4-6-12)18-10-13-9-14(17)7-8-15(13)19/h2-11,16,19-20H,1H3/t11-,16-/m0/s1. The van der Waals surface area contributed by atoms with Crippen LogP contribution in [0.1, 0.15) is 24.2 Å². The van der Waals surface area contributed by atoms with E-state index in [1.807, 2.05) is 37.3 Å². The van der Waals surface area contributed by atoms with Gasteiger partial charge in [0.05, 0.1) is 6.04 Å². The molecule has 0 saturated carbocycles. The van der Waals surface area contributed by atoms with Gasteiger partial charge in [0.1, 0.15) is 11.9 Å². The van der Waals surface area contributed by atoms with Gasteiger partial charge in [0.25, 0.3) is 0 Å². The molecule has 3 nitrogen and oxygen atoms in total. The van der Waals surface area contributed by atoms with E-state index in [0.29, 0.717) is 5.56 Å². The first-order valence-corrected chi connectivity index (χ1v) is 7.12. The van der Waals surface area contributed by atoms with Crippen LogP contribution in [-0.4, -0.2) is 22.5 Å². The van der Waals surface area contributed by atoms with E-state index in [4.69, 9.17) is 0 Å². The smallest absolute Gasteiger partial charge is 0.124 e. The monoisotopic (exact) mass is 333 g/mol. The van der Waals surface area contributed by atoms with Crippen LogP contribution < -0.4 is 0 Å². The first-order chi connectivity index (χ1) is 9.58. The second-order valence-corrected chi connectivity index (χ2v) is 5.49. The summed E-state index contributed by atoms with van der Waals surface area (Å²) in [6, 6.07) is 14.3. The molecule has 0 aromatic heterocycles. The first-order valence-electron chi connectivity index (χ1n) is 6.32. The molecule has 0 fully saturated rings. The van der Waals surface area contributed by atoms with Gasteiger partial charge in [-0.15, -0.1) is 0 Å². The molecule has 0 radical (unpaired) electrons. The molecule has 0 bridgehead atoms. The molecule has 2 aromatic carbocycles. The Morgan fingerprint density at radius 3 is 2.55 bits per heavy atom. The molecule has 2 rings (SSSR count). The summed E-state index contributed by atoms with van der Waals surface area (Å²) in [6.45, 7) is 1.84. The van der Waals surface area contributed by atoms with Crippen molar-refractivity contribution in [2.45, 2.75) is 19.1 Å². The number of halogens is 1. The summed E-state index contributed by atoms with van der Waals surface area (Å²) in [4.78, 5) is 4.32. The van der Waals surface area contributed by atoms with Crippen LogP contribution in [-0.2, 0) is 0 Å². The SMILES string of the molecule is C[C@H](N=Cc1cc(Br)ccc1O)[C@H](O)c1ccccc1. The van der Waals surface area contributed by atoms with Gasteiger partial charge in [-0.05, 0) is 30.7 Å².